The van der Waals surface area contributed by atoms with Crippen LogP contribution in [0.3, 0.4) is 0 Å². The summed E-state index contributed by atoms with van der Waals surface area (Å²) in [6.45, 7) is 2.78. The molecule has 7 heteroatoms. The third-order valence-corrected chi connectivity index (χ3v) is 4.78. The fourth-order valence-corrected chi connectivity index (χ4v) is 3.14. The molecule has 1 saturated carbocycles. The maximum atomic E-state index is 12.9. The van der Waals surface area contributed by atoms with Gasteiger partial charge in [0, 0.05) is 32.0 Å². The number of likely N-dealkylation sites (tertiary alicyclic amines) is 1. The number of hydrogen-bond donors (Lipinski definition) is 1. The average molecular weight is 327 g/mol. The first-order chi connectivity index (χ1) is 10.9. The van der Waals surface area contributed by atoms with Gasteiger partial charge in [-0.3, -0.25) is 14.7 Å². The van der Waals surface area contributed by atoms with Crippen LogP contribution in [0, 0.1) is 11.3 Å². The van der Waals surface area contributed by atoms with Crippen LogP contribution in [0.2, 0.25) is 0 Å². The lowest BCUT2D eigenvalue weighted by molar-refractivity contribution is -0.192. The highest BCUT2D eigenvalue weighted by Gasteiger charge is 2.68. The zero-order chi connectivity index (χ0) is 16.5. The summed E-state index contributed by atoms with van der Waals surface area (Å²) in [6.07, 6.45) is -0.172. The highest BCUT2D eigenvalue weighted by atomic mass is 19.4. The number of carbonyl (C=O) groups excluding carboxylic acids is 1. The largest absolute Gasteiger partial charge is 0.403 e. The standard InChI is InChI=1S/C16H20F3N3O/c17-16(18,19)15(4-5-15)14(23)21-9-13-3-7-22(11-13)10-12-2-1-6-20-8-12/h1-2,6,8,13H,3-5,7,9-11H2,(H,21,23)/t13-/m1/s1. The Balaban J connectivity index is 1.45. The van der Waals surface area contributed by atoms with Crippen LogP contribution < -0.4 is 5.32 Å². The van der Waals surface area contributed by atoms with Crippen molar-refractivity contribution in [2.45, 2.75) is 32.0 Å². The van der Waals surface area contributed by atoms with E-state index in [1.807, 2.05) is 18.3 Å². The van der Waals surface area contributed by atoms with Crippen LogP contribution in [0.25, 0.3) is 0 Å². The second kappa shape index (κ2) is 6.11. The molecule has 1 aliphatic heterocycles. The van der Waals surface area contributed by atoms with E-state index in [0.717, 1.165) is 31.6 Å². The molecule has 3 rings (SSSR count). The fourth-order valence-electron chi connectivity index (χ4n) is 3.14. The van der Waals surface area contributed by atoms with E-state index in [0.29, 0.717) is 6.54 Å². The lowest BCUT2D eigenvalue weighted by Gasteiger charge is -2.20. The van der Waals surface area contributed by atoms with Crippen LogP contribution in [0.4, 0.5) is 13.2 Å². The van der Waals surface area contributed by atoms with Crippen LogP contribution >= 0.6 is 0 Å². The minimum Gasteiger partial charge on any atom is -0.355 e. The van der Waals surface area contributed by atoms with Gasteiger partial charge in [-0.15, -0.1) is 0 Å². The van der Waals surface area contributed by atoms with Gasteiger partial charge in [0.2, 0.25) is 5.91 Å². The van der Waals surface area contributed by atoms with Crippen molar-refractivity contribution < 1.29 is 18.0 Å². The Labute approximate surface area is 133 Å². The normalized spacial score (nSPS) is 23.7. The number of alkyl halides is 3. The van der Waals surface area contributed by atoms with E-state index >= 15 is 0 Å². The molecule has 126 valence electrons. The van der Waals surface area contributed by atoms with Crippen molar-refractivity contribution in [2.24, 2.45) is 11.3 Å². The molecule has 2 fully saturated rings. The van der Waals surface area contributed by atoms with Crippen molar-refractivity contribution in [1.82, 2.24) is 15.2 Å². The van der Waals surface area contributed by atoms with Crippen LogP contribution in [-0.4, -0.2) is 41.6 Å². The topological polar surface area (TPSA) is 45.2 Å². The van der Waals surface area contributed by atoms with Gasteiger partial charge in [0.05, 0.1) is 0 Å². The van der Waals surface area contributed by atoms with E-state index in [-0.39, 0.29) is 18.8 Å². The molecule has 0 aromatic carbocycles. The fraction of sp³-hybridized carbons (Fsp3) is 0.625. The van der Waals surface area contributed by atoms with Gasteiger partial charge in [-0.25, -0.2) is 0 Å². The first kappa shape index (κ1) is 16.2. The summed E-state index contributed by atoms with van der Waals surface area (Å²) in [5.41, 5.74) is -0.993. The smallest absolute Gasteiger partial charge is 0.355 e. The van der Waals surface area contributed by atoms with E-state index in [9.17, 15) is 18.0 Å². The van der Waals surface area contributed by atoms with E-state index < -0.39 is 17.5 Å². The molecule has 1 amide bonds. The molecule has 0 bridgehead atoms. The number of aromatic nitrogens is 1. The van der Waals surface area contributed by atoms with Gasteiger partial charge in [0.25, 0.3) is 0 Å². The lowest BCUT2D eigenvalue weighted by Crippen LogP contribution is -2.43. The van der Waals surface area contributed by atoms with Crippen molar-refractivity contribution in [1.29, 1.82) is 0 Å². The number of pyridine rings is 1. The predicted octanol–water partition coefficient (Wildman–Crippen LogP) is 2.36. The zero-order valence-corrected chi connectivity index (χ0v) is 12.8. The van der Waals surface area contributed by atoms with Crippen molar-refractivity contribution >= 4 is 5.91 Å². The van der Waals surface area contributed by atoms with Gasteiger partial charge >= 0.3 is 6.18 Å². The zero-order valence-electron chi connectivity index (χ0n) is 12.8. The molecule has 1 saturated heterocycles. The maximum absolute atomic E-state index is 12.9. The second-order valence-corrected chi connectivity index (χ2v) is 6.54. The summed E-state index contributed by atoms with van der Waals surface area (Å²) >= 11 is 0. The van der Waals surface area contributed by atoms with E-state index in [1.54, 1.807) is 6.20 Å². The molecule has 2 heterocycles. The summed E-state index contributed by atoms with van der Waals surface area (Å²) in [5, 5.41) is 2.52. The Kier molecular flexibility index (Phi) is 4.31. The van der Waals surface area contributed by atoms with Crippen molar-refractivity contribution in [2.75, 3.05) is 19.6 Å². The van der Waals surface area contributed by atoms with Crippen LogP contribution in [0.15, 0.2) is 24.5 Å². The number of rotatable bonds is 5. The predicted molar refractivity (Wildman–Crippen MR) is 78.4 cm³/mol. The van der Waals surface area contributed by atoms with Gasteiger partial charge in [0.15, 0.2) is 0 Å². The molecule has 1 N–H and O–H groups in total. The average Bonchev–Trinajstić information content (AvgIpc) is 3.23. The monoisotopic (exact) mass is 327 g/mol. The molecule has 0 unspecified atom stereocenters. The number of halogens is 3. The highest BCUT2D eigenvalue weighted by Crippen LogP contribution is 2.57. The second-order valence-electron chi connectivity index (χ2n) is 6.54. The SMILES string of the molecule is O=C(NC[C@H]1CCN(Cc2cccnc2)C1)C1(C(F)(F)F)CC1. The Morgan fingerprint density at radius 2 is 2.22 bits per heavy atom. The number of amides is 1. The van der Waals surface area contributed by atoms with Crippen molar-refractivity contribution in [3.05, 3.63) is 30.1 Å². The van der Waals surface area contributed by atoms with Crippen molar-refractivity contribution in [3.8, 4) is 0 Å². The van der Waals surface area contributed by atoms with Crippen LogP contribution in [-0.2, 0) is 11.3 Å². The number of carbonyl (C=O) groups is 1. The van der Waals surface area contributed by atoms with E-state index in [1.165, 1.54) is 0 Å². The highest BCUT2D eigenvalue weighted by molar-refractivity contribution is 5.86. The van der Waals surface area contributed by atoms with Gasteiger partial charge in [-0.2, -0.15) is 13.2 Å². The molecule has 1 aliphatic carbocycles. The molecule has 4 nitrogen and oxygen atoms in total. The quantitative estimate of drug-likeness (QED) is 0.903. The minimum absolute atomic E-state index is 0.0832. The van der Waals surface area contributed by atoms with Crippen LogP contribution in [0.1, 0.15) is 24.8 Å². The summed E-state index contributed by atoms with van der Waals surface area (Å²) in [6, 6.07) is 3.89. The summed E-state index contributed by atoms with van der Waals surface area (Å²) in [5.74, 6) is -0.643. The van der Waals surface area contributed by atoms with Crippen LogP contribution in [0.5, 0.6) is 0 Å². The Morgan fingerprint density at radius 3 is 2.83 bits per heavy atom. The Morgan fingerprint density at radius 1 is 1.43 bits per heavy atom. The number of hydrogen-bond acceptors (Lipinski definition) is 3. The molecule has 1 atom stereocenters. The molecule has 1 aromatic rings. The van der Waals surface area contributed by atoms with Crippen molar-refractivity contribution in [3.63, 3.8) is 0 Å². The van der Waals surface area contributed by atoms with Gasteiger partial charge in [0.1, 0.15) is 5.41 Å². The number of nitrogens with zero attached hydrogens (tertiary/aromatic N) is 2. The summed E-state index contributed by atoms with van der Waals surface area (Å²) in [7, 11) is 0. The lowest BCUT2D eigenvalue weighted by atomic mass is 10.0. The molecule has 0 radical (unpaired) electrons. The molecule has 1 aromatic heterocycles. The van der Waals surface area contributed by atoms with E-state index in [4.69, 9.17) is 0 Å². The first-order valence-electron chi connectivity index (χ1n) is 7.87. The van der Waals surface area contributed by atoms with Gasteiger partial charge in [-0.1, -0.05) is 6.07 Å². The molecular formula is C16H20F3N3O. The van der Waals surface area contributed by atoms with E-state index in [2.05, 4.69) is 15.2 Å². The molecular weight excluding hydrogens is 307 g/mol. The van der Waals surface area contributed by atoms with Gasteiger partial charge in [-0.05, 0) is 43.4 Å². The Hall–Kier alpha value is -1.63. The molecule has 23 heavy (non-hydrogen) atoms. The summed E-state index contributed by atoms with van der Waals surface area (Å²) in [4.78, 5) is 18.2. The first-order valence-corrected chi connectivity index (χ1v) is 7.87. The molecule has 0 spiro atoms. The molecule has 2 aliphatic rings. The third kappa shape index (κ3) is 3.49. The summed E-state index contributed by atoms with van der Waals surface area (Å²) < 4.78 is 38.6. The van der Waals surface area contributed by atoms with Gasteiger partial charge < -0.3 is 5.32 Å². The maximum Gasteiger partial charge on any atom is 0.403 e. The minimum atomic E-state index is -4.43. The number of nitrogens with one attached hydrogen (secondary N) is 1. The Bertz CT molecular complexity index is 557. The third-order valence-electron chi connectivity index (χ3n) is 4.78.